The quantitative estimate of drug-likeness (QED) is 0.745. The lowest BCUT2D eigenvalue weighted by atomic mass is 10.1. The van der Waals surface area contributed by atoms with E-state index in [1.165, 1.54) is 38.6 Å². The maximum absolute atomic E-state index is 3.24. The third-order valence-electron chi connectivity index (χ3n) is 3.48. The van der Waals surface area contributed by atoms with Crippen LogP contribution in [0.5, 0.6) is 0 Å². The number of rotatable bonds is 4. The molecule has 1 N–H and O–H groups in total. The first-order valence-electron chi connectivity index (χ1n) is 6.16. The van der Waals surface area contributed by atoms with Crippen molar-refractivity contribution in [3.05, 3.63) is 0 Å². The van der Waals surface area contributed by atoms with Crippen molar-refractivity contribution >= 4 is 0 Å². The van der Waals surface area contributed by atoms with Crippen molar-refractivity contribution < 1.29 is 0 Å². The lowest BCUT2D eigenvalue weighted by Crippen LogP contribution is -2.41. The third-order valence-corrected chi connectivity index (χ3v) is 3.48. The molecule has 2 nitrogen and oxygen atoms in total. The average molecular weight is 198 g/mol. The first kappa shape index (κ1) is 12.0. The van der Waals surface area contributed by atoms with E-state index < -0.39 is 0 Å². The van der Waals surface area contributed by atoms with E-state index in [0.29, 0.717) is 0 Å². The molecule has 0 aliphatic carbocycles. The summed E-state index contributed by atoms with van der Waals surface area (Å²) >= 11 is 0. The Morgan fingerprint density at radius 1 is 1.36 bits per heavy atom. The third kappa shape index (κ3) is 3.58. The van der Waals surface area contributed by atoms with Crippen LogP contribution in [0.3, 0.4) is 0 Å². The molecule has 0 radical (unpaired) electrons. The zero-order valence-corrected chi connectivity index (χ0v) is 10.1. The Morgan fingerprint density at radius 3 is 2.86 bits per heavy atom. The van der Waals surface area contributed by atoms with Crippen LogP contribution in [0.4, 0.5) is 0 Å². The highest BCUT2D eigenvalue weighted by Gasteiger charge is 2.21. The molecule has 1 fully saturated rings. The summed E-state index contributed by atoms with van der Waals surface area (Å²) in [5.74, 6) is 0. The van der Waals surface area contributed by atoms with Gasteiger partial charge in [-0.3, -0.25) is 4.90 Å². The van der Waals surface area contributed by atoms with Crippen LogP contribution in [0.25, 0.3) is 0 Å². The summed E-state index contributed by atoms with van der Waals surface area (Å²) in [6.45, 7) is 7.22. The molecule has 0 bridgehead atoms. The van der Waals surface area contributed by atoms with Gasteiger partial charge in [0.15, 0.2) is 0 Å². The molecule has 0 aromatic carbocycles. The smallest absolute Gasteiger partial charge is 0.00818 e. The van der Waals surface area contributed by atoms with Crippen LogP contribution in [0.15, 0.2) is 0 Å². The van der Waals surface area contributed by atoms with Crippen LogP contribution in [0.2, 0.25) is 0 Å². The standard InChI is InChI=1S/C12H26N2/c1-11-7-5-4-6-10-14(11)12(2)8-9-13-3/h11-13H,4-10H2,1-3H3. The largest absolute Gasteiger partial charge is 0.320 e. The van der Waals surface area contributed by atoms with Gasteiger partial charge in [0.2, 0.25) is 0 Å². The van der Waals surface area contributed by atoms with E-state index in [-0.39, 0.29) is 0 Å². The molecule has 1 aliphatic rings. The minimum atomic E-state index is 0.746. The Labute approximate surface area is 89.1 Å². The Bertz CT molecular complexity index is 147. The summed E-state index contributed by atoms with van der Waals surface area (Å²) in [6.07, 6.45) is 6.93. The summed E-state index contributed by atoms with van der Waals surface area (Å²) in [5.41, 5.74) is 0. The van der Waals surface area contributed by atoms with Crippen molar-refractivity contribution in [1.29, 1.82) is 0 Å². The van der Waals surface area contributed by atoms with Crippen LogP contribution in [-0.2, 0) is 0 Å². The number of nitrogens with zero attached hydrogens (tertiary/aromatic N) is 1. The van der Waals surface area contributed by atoms with Crippen LogP contribution >= 0.6 is 0 Å². The summed E-state index contributed by atoms with van der Waals surface area (Å²) in [4.78, 5) is 2.70. The molecule has 2 atom stereocenters. The number of hydrogen-bond donors (Lipinski definition) is 1. The molecule has 1 heterocycles. The van der Waals surface area contributed by atoms with Gasteiger partial charge in [0.05, 0.1) is 0 Å². The second kappa shape index (κ2) is 6.41. The van der Waals surface area contributed by atoms with E-state index in [9.17, 15) is 0 Å². The zero-order valence-electron chi connectivity index (χ0n) is 10.1. The second-order valence-electron chi connectivity index (χ2n) is 4.68. The van der Waals surface area contributed by atoms with Crippen LogP contribution in [0, 0.1) is 0 Å². The van der Waals surface area contributed by atoms with Gasteiger partial charge in [-0.2, -0.15) is 0 Å². The van der Waals surface area contributed by atoms with Crippen molar-refractivity contribution in [3.8, 4) is 0 Å². The summed E-state index contributed by atoms with van der Waals surface area (Å²) in [5, 5.41) is 3.24. The van der Waals surface area contributed by atoms with Crippen LogP contribution in [0.1, 0.15) is 46.0 Å². The fraction of sp³-hybridized carbons (Fsp3) is 1.00. The van der Waals surface area contributed by atoms with Crippen molar-refractivity contribution in [2.24, 2.45) is 0 Å². The fourth-order valence-corrected chi connectivity index (χ4v) is 2.47. The number of hydrogen-bond acceptors (Lipinski definition) is 2. The Kier molecular flexibility index (Phi) is 5.49. The topological polar surface area (TPSA) is 15.3 Å². The lowest BCUT2D eigenvalue weighted by Gasteiger charge is -2.33. The highest BCUT2D eigenvalue weighted by atomic mass is 15.2. The van der Waals surface area contributed by atoms with Gasteiger partial charge in [-0.25, -0.2) is 0 Å². The van der Waals surface area contributed by atoms with Gasteiger partial charge in [-0.05, 0) is 53.2 Å². The Morgan fingerprint density at radius 2 is 2.14 bits per heavy atom. The van der Waals surface area contributed by atoms with Gasteiger partial charge in [0, 0.05) is 12.1 Å². The van der Waals surface area contributed by atoms with E-state index in [0.717, 1.165) is 18.6 Å². The summed E-state index contributed by atoms with van der Waals surface area (Å²) in [7, 11) is 2.04. The van der Waals surface area contributed by atoms with Gasteiger partial charge in [-0.15, -0.1) is 0 Å². The molecular weight excluding hydrogens is 172 g/mol. The van der Waals surface area contributed by atoms with Gasteiger partial charge in [-0.1, -0.05) is 12.8 Å². The molecule has 1 aliphatic heterocycles. The van der Waals surface area contributed by atoms with E-state index in [4.69, 9.17) is 0 Å². The maximum atomic E-state index is 3.24. The molecule has 0 aromatic heterocycles. The zero-order chi connectivity index (χ0) is 10.4. The Hall–Kier alpha value is -0.0800. The summed E-state index contributed by atoms with van der Waals surface area (Å²) in [6, 6.07) is 1.54. The SMILES string of the molecule is CNCCC(C)N1CCCCCC1C. The molecule has 0 spiro atoms. The highest BCUT2D eigenvalue weighted by Crippen LogP contribution is 2.19. The average Bonchev–Trinajstić information content (AvgIpc) is 2.39. The molecule has 0 amide bonds. The van der Waals surface area contributed by atoms with E-state index in [2.05, 4.69) is 24.1 Å². The maximum Gasteiger partial charge on any atom is 0.00818 e. The predicted octanol–water partition coefficient (Wildman–Crippen LogP) is 2.25. The second-order valence-corrected chi connectivity index (χ2v) is 4.68. The summed E-state index contributed by atoms with van der Waals surface area (Å²) < 4.78 is 0. The molecule has 1 rings (SSSR count). The van der Waals surface area contributed by atoms with Crippen molar-refractivity contribution in [1.82, 2.24) is 10.2 Å². The molecule has 2 unspecified atom stereocenters. The van der Waals surface area contributed by atoms with Gasteiger partial charge >= 0.3 is 0 Å². The van der Waals surface area contributed by atoms with Crippen LogP contribution < -0.4 is 5.32 Å². The van der Waals surface area contributed by atoms with Gasteiger partial charge < -0.3 is 5.32 Å². The van der Waals surface area contributed by atoms with Gasteiger partial charge in [0.25, 0.3) is 0 Å². The molecule has 1 saturated heterocycles. The molecule has 14 heavy (non-hydrogen) atoms. The molecule has 0 saturated carbocycles. The monoisotopic (exact) mass is 198 g/mol. The van der Waals surface area contributed by atoms with E-state index in [1.807, 2.05) is 7.05 Å². The van der Waals surface area contributed by atoms with Crippen molar-refractivity contribution in [2.45, 2.75) is 58.0 Å². The minimum absolute atomic E-state index is 0.746. The fourth-order valence-electron chi connectivity index (χ4n) is 2.47. The van der Waals surface area contributed by atoms with E-state index in [1.54, 1.807) is 0 Å². The molecular formula is C12H26N2. The van der Waals surface area contributed by atoms with E-state index >= 15 is 0 Å². The van der Waals surface area contributed by atoms with Crippen molar-refractivity contribution in [2.75, 3.05) is 20.1 Å². The molecule has 2 heteroatoms. The first-order valence-corrected chi connectivity index (χ1v) is 6.16. The highest BCUT2D eigenvalue weighted by molar-refractivity contribution is 4.76. The molecule has 84 valence electrons. The number of nitrogens with one attached hydrogen (secondary N) is 1. The lowest BCUT2D eigenvalue weighted by molar-refractivity contribution is 0.150. The predicted molar refractivity (Wildman–Crippen MR) is 62.6 cm³/mol. The Balaban J connectivity index is 2.37. The minimum Gasteiger partial charge on any atom is -0.320 e. The van der Waals surface area contributed by atoms with Crippen molar-refractivity contribution in [3.63, 3.8) is 0 Å². The van der Waals surface area contributed by atoms with Crippen LogP contribution in [-0.4, -0.2) is 37.1 Å². The first-order chi connectivity index (χ1) is 6.75. The van der Waals surface area contributed by atoms with Gasteiger partial charge in [0.1, 0.15) is 0 Å². The molecule has 0 aromatic rings. The normalized spacial score (nSPS) is 27.2. The number of likely N-dealkylation sites (tertiary alicyclic amines) is 1.